The maximum Gasteiger partial charge on any atom is 0.191 e. The van der Waals surface area contributed by atoms with Crippen LogP contribution in [0.4, 0.5) is 0 Å². The summed E-state index contributed by atoms with van der Waals surface area (Å²) in [5.74, 6) is 2.69. The highest BCUT2D eigenvalue weighted by Crippen LogP contribution is 2.15. The van der Waals surface area contributed by atoms with Crippen LogP contribution in [0, 0.1) is 13.8 Å². The number of guanidine groups is 1. The van der Waals surface area contributed by atoms with Gasteiger partial charge in [0.15, 0.2) is 5.96 Å². The van der Waals surface area contributed by atoms with Crippen LogP contribution in [0.1, 0.15) is 35.1 Å². The summed E-state index contributed by atoms with van der Waals surface area (Å²) in [6, 6.07) is 10.7. The Kier molecular flexibility index (Phi) is 7.51. The molecule has 0 unspecified atom stereocenters. The zero-order chi connectivity index (χ0) is 19.8. The van der Waals surface area contributed by atoms with Gasteiger partial charge in [-0.1, -0.05) is 24.3 Å². The SMILES string of the molecule is CCNC(=NCc1cc(C)oc1C)NCc1ccccc1CN1CCOCC1. The highest BCUT2D eigenvalue weighted by molar-refractivity contribution is 5.79. The molecule has 0 atom stereocenters. The predicted octanol–water partition coefficient (Wildman–Crippen LogP) is 2.98. The van der Waals surface area contributed by atoms with Gasteiger partial charge in [-0.3, -0.25) is 4.90 Å². The quantitative estimate of drug-likeness (QED) is 0.568. The van der Waals surface area contributed by atoms with E-state index in [0.29, 0.717) is 6.54 Å². The van der Waals surface area contributed by atoms with Crippen molar-refractivity contribution in [2.75, 3.05) is 32.8 Å². The van der Waals surface area contributed by atoms with Crippen LogP contribution >= 0.6 is 0 Å². The molecule has 28 heavy (non-hydrogen) atoms. The molecule has 0 radical (unpaired) electrons. The number of ether oxygens (including phenoxy) is 1. The monoisotopic (exact) mass is 384 g/mol. The summed E-state index contributed by atoms with van der Waals surface area (Å²) < 4.78 is 11.1. The molecule has 1 aromatic heterocycles. The highest BCUT2D eigenvalue weighted by atomic mass is 16.5. The van der Waals surface area contributed by atoms with E-state index in [4.69, 9.17) is 14.1 Å². The second-order valence-corrected chi connectivity index (χ2v) is 7.14. The maximum absolute atomic E-state index is 5.60. The van der Waals surface area contributed by atoms with E-state index in [0.717, 1.165) is 69.0 Å². The second kappa shape index (κ2) is 10.3. The van der Waals surface area contributed by atoms with Gasteiger partial charge in [-0.25, -0.2) is 4.99 Å². The summed E-state index contributed by atoms with van der Waals surface area (Å²) >= 11 is 0. The fourth-order valence-electron chi connectivity index (χ4n) is 3.41. The van der Waals surface area contributed by atoms with Crippen LogP contribution in [0.5, 0.6) is 0 Å². The first-order chi connectivity index (χ1) is 13.7. The smallest absolute Gasteiger partial charge is 0.191 e. The van der Waals surface area contributed by atoms with Crippen molar-refractivity contribution < 1.29 is 9.15 Å². The Morgan fingerprint density at radius 1 is 1.07 bits per heavy atom. The van der Waals surface area contributed by atoms with E-state index in [9.17, 15) is 0 Å². The first-order valence-electron chi connectivity index (χ1n) is 10.1. The lowest BCUT2D eigenvalue weighted by molar-refractivity contribution is 0.0341. The second-order valence-electron chi connectivity index (χ2n) is 7.14. The summed E-state index contributed by atoms with van der Waals surface area (Å²) in [7, 11) is 0. The fourth-order valence-corrected chi connectivity index (χ4v) is 3.41. The van der Waals surface area contributed by atoms with Crippen LogP contribution in [-0.2, 0) is 24.4 Å². The Morgan fingerprint density at radius 2 is 1.82 bits per heavy atom. The van der Waals surface area contributed by atoms with E-state index in [1.54, 1.807) is 0 Å². The molecule has 1 fully saturated rings. The molecule has 0 spiro atoms. The largest absolute Gasteiger partial charge is 0.466 e. The maximum atomic E-state index is 5.60. The average Bonchev–Trinajstić information content (AvgIpc) is 3.03. The van der Waals surface area contributed by atoms with Crippen LogP contribution < -0.4 is 10.6 Å². The number of hydrogen-bond acceptors (Lipinski definition) is 4. The third-order valence-corrected chi connectivity index (χ3v) is 4.96. The lowest BCUT2D eigenvalue weighted by atomic mass is 10.1. The van der Waals surface area contributed by atoms with Crippen LogP contribution in [0.2, 0.25) is 0 Å². The predicted molar refractivity (Wildman–Crippen MR) is 112 cm³/mol. The van der Waals surface area contributed by atoms with Crippen molar-refractivity contribution in [2.24, 2.45) is 4.99 Å². The van der Waals surface area contributed by atoms with Gasteiger partial charge < -0.3 is 19.8 Å². The van der Waals surface area contributed by atoms with E-state index >= 15 is 0 Å². The van der Waals surface area contributed by atoms with Crippen LogP contribution in [-0.4, -0.2) is 43.7 Å². The van der Waals surface area contributed by atoms with E-state index in [1.807, 2.05) is 13.8 Å². The molecule has 2 N–H and O–H groups in total. The molecular weight excluding hydrogens is 352 g/mol. The van der Waals surface area contributed by atoms with Gasteiger partial charge in [0, 0.05) is 38.3 Å². The van der Waals surface area contributed by atoms with E-state index in [2.05, 4.69) is 52.8 Å². The number of nitrogens with zero attached hydrogens (tertiary/aromatic N) is 2. The molecule has 6 nitrogen and oxygen atoms in total. The van der Waals surface area contributed by atoms with Crippen LogP contribution in [0.3, 0.4) is 0 Å². The molecule has 6 heteroatoms. The van der Waals surface area contributed by atoms with Gasteiger partial charge in [0.05, 0.1) is 19.8 Å². The summed E-state index contributed by atoms with van der Waals surface area (Å²) in [5, 5.41) is 6.81. The fraction of sp³-hybridized carbons (Fsp3) is 0.500. The molecule has 1 aromatic carbocycles. The zero-order valence-electron chi connectivity index (χ0n) is 17.3. The van der Waals surface area contributed by atoms with Crippen molar-refractivity contribution in [3.05, 3.63) is 58.5 Å². The third-order valence-electron chi connectivity index (χ3n) is 4.96. The van der Waals surface area contributed by atoms with Crippen molar-refractivity contribution in [3.63, 3.8) is 0 Å². The highest BCUT2D eigenvalue weighted by Gasteiger charge is 2.13. The minimum absolute atomic E-state index is 0.605. The molecule has 1 saturated heterocycles. The topological polar surface area (TPSA) is 62.0 Å². The standard InChI is InChI=1S/C22H32N4O2/c1-4-23-22(25-15-21-13-17(2)28-18(21)3)24-14-19-7-5-6-8-20(19)16-26-9-11-27-12-10-26/h5-8,13H,4,9-12,14-16H2,1-3H3,(H2,23,24,25). The summed E-state index contributed by atoms with van der Waals surface area (Å²) in [6.07, 6.45) is 0. The Bertz CT molecular complexity index is 779. The van der Waals surface area contributed by atoms with Gasteiger partial charge >= 0.3 is 0 Å². The van der Waals surface area contributed by atoms with Gasteiger partial charge in [-0.15, -0.1) is 0 Å². The van der Waals surface area contributed by atoms with E-state index in [-0.39, 0.29) is 0 Å². The van der Waals surface area contributed by atoms with Crippen molar-refractivity contribution in [3.8, 4) is 0 Å². The van der Waals surface area contributed by atoms with Gasteiger partial charge in [-0.2, -0.15) is 0 Å². The third kappa shape index (κ3) is 5.84. The molecule has 1 aliphatic rings. The first kappa shape index (κ1) is 20.4. The Labute approximate surface area is 168 Å². The van der Waals surface area contributed by atoms with E-state index < -0.39 is 0 Å². The molecule has 0 saturated carbocycles. The van der Waals surface area contributed by atoms with Gasteiger partial charge in [0.1, 0.15) is 11.5 Å². The lowest BCUT2D eigenvalue weighted by Crippen LogP contribution is -2.38. The zero-order valence-corrected chi connectivity index (χ0v) is 17.3. The van der Waals surface area contributed by atoms with E-state index in [1.165, 1.54) is 11.1 Å². The minimum atomic E-state index is 0.605. The average molecular weight is 385 g/mol. The molecule has 2 heterocycles. The number of furan rings is 1. The first-order valence-corrected chi connectivity index (χ1v) is 10.1. The Hall–Kier alpha value is -2.31. The van der Waals surface area contributed by atoms with Crippen molar-refractivity contribution in [1.82, 2.24) is 15.5 Å². The number of aryl methyl sites for hydroxylation is 2. The van der Waals surface area contributed by atoms with Gasteiger partial charge in [0.25, 0.3) is 0 Å². The number of rotatable bonds is 7. The molecule has 0 amide bonds. The molecule has 1 aliphatic heterocycles. The summed E-state index contributed by atoms with van der Waals surface area (Å²) in [5.41, 5.74) is 3.78. The van der Waals surface area contributed by atoms with Crippen molar-refractivity contribution in [1.29, 1.82) is 0 Å². The Morgan fingerprint density at radius 3 is 2.50 bits per heavy atom. The lowest BCUT2D eigenvalue weighted by Gasteiger charge is -2.27. The van der Waals surface area contributed by atoms with Gasteiger partial charge in [-0.05, 0) is 38.0 Å². The Balaban J connectivity index is 1.63. The molecule has 152 valence electrons. The molecule has 0 aliphatic carbocycles. The normalized spacial score (nSPS) is 15.6. The minimum Gasteiger partial charge on any atom is -0.466 e. The van der Waals surface area contributed by atoms with Gasteiger partial charge in [0.2, 0.25) is 0 Å². The number of hydrogen-bond donors (Lipinski definition) is 2. The molecule has 2 aromatic rings. The number of nitrogens with one attached hydrogen (secondary N) is 2. The van der Waals surface area contributed by atoms with Crippen LogP contribution in [0.15, 0.2) is 39.7 Å². The van der Waals surface area contributed by atoms with Crippen molar-refractivity contribution in [2.45, 2.75) is 40.4 Å². The number of morpholine rings is 1. The summed E-state index contributed by atoms with van der Waals surface area (Å²) in [6.45, 7) is 12.8. The number of benzene rings is 1. The molecule has 0 bridgehead atoms. The van der Waals surface area contributed by atoms with Crippen LogP contribution in [0.25, 0.3) is 0 Å². The molecule has 3 rings (SSSR count). The van der Waals surface area contributed by atoms with Crippen molar-refractivity contribution >= 4 is 5.96 Å². The molecular formula is C22H32N4O2. The summed E-state index contributed by atoms with van der Waals surface area (Å²) in [4.78, 5) is 7.18. The number of aliphatic imine (C=N–C) groups is 1.